The van der Waals surface area contributed by atoms with E-state index in [-0.39, 0.29) is 11.4 Å². The number of hydrogen-bond acceptors (Lipinski definition) is 5. The molecule has 0 aliphatic heterocycles. The van der Waals surface area contributed by atoms with Crippen LogP contribution in [0.3, 0.4) is 0 Å². The molecule has 0 saturated heterocycles. The lowest BCUT2D eigenvalue weighted by atomic mass is 10.2. The molecule has 0 heterocycles. The topological polar surface area (TPSA) is 73.6 Å². The Labute approximate surface area is 114 Å². The number of ether oxygens (including phenoxy) is 2. The van der Waals surface area contributed by atoms with Gasteiger partial charge in [0, 0.05) is 26.3 Å². The summed E-state index contributed by atoms with van der Waals surface area (Å²) in [4.78, 5) is 10.1. The lowest BCUT2D eigenvalue weighted by Gasteiger charge is -2.09. The first-order valence-electron chi connectivity index (χ1n) is 5.92. The Kier molecular flexibility index (Phi) is 6.82. The standard InChI is InChI=1S/C12H16F2N2O4/c1-19-5-4-15-7-9-2-3-10(16(17)18)11(6-9)20-8-12(13)14/h2-3,6,12,15H,4-5,7-8H2,1H3. The van der Waals surface area contributed by atoms with Gasteiger partial charge in [-0.2, -0.15) is 0 Å². The summed E-state index contributed by atoms with van der Waals surface area (Å²) in [5.41, 5.74) is 0.377. The highest BCUT2D eigenvalue weighted by Gasteiger charge is 2.17. The van der Waals surface area contributed by atoms with E-state index >= 15 is 0 Å². The predicted molar refractivity (Wildman–Crippen MR) is 68.2 cm³/mol. The third-order valence-electron chi connectivity index (χ3n) is 2.40. The smallest absolute Gasteiger partial charge is 0.310 e. The van der Waals surface area contributed by atoms with Crippen molar-refractivity contribution in [2.24, 2.45) is 0 Å². The van der Waals surface area contributed by atoms with Crippen molar-refractivity contribution in [1.82, 2.24) is 5.32 Å². The van der Waals surface area contributed by atoms with Crippen LogP contribution < -0.4 is 10.1 Å². The molecule has 1 rings (SSSR count). The van der Waals surface area contributed by atoms with E-state index in [1.165, 1.54) is 12.1 Å². The van der Waals surface area contributed by atoms with Gasteiger partial charge in [0.15, 0.2) is 5.75 Å². The molecule has 1 aromatic carbocycles. The molecular weight excluding hydrogens is 274 g/mol. The highest BCUT2D eigenvalue weighted by Crippen LogP contribution is 2.28. The average Bonchev–Trinajstić information content (AvgIpc) is 2.41. The summed E-state index contributed by atoms with van der Waals surface area (Å²) in [6, 6.07) is 4.18. The summed E-state index contributed by atoms with van der Waals surface area (Å²) in [6.07, 6.45) is -2.68. The van der Waals surface area contributed by atoms with E-state index in [0.29, 0.717) is 25.3 Å². The maximum Gasteiger partial charge on any atom is 0.310 e. The van der Waals surface area contributed by atoms with E-state index in [2.05, 4.69) is 5.32 Å². The Morgan fingerprint density at radius 2 is 2.20 bits per heavy atom. The average molecular weight is 290 g/mol. The minimum absolute atomic E-state index is 0.152. The molecule has 20 heavy (non-hydrogen) atoms. The molecule has 112 valence electrons. The molecule has 0 unspecified atom stereocenters. The van der Waals surface area contributed by atoms with Gasteiger partial charge in [0.2, 0.25) is 0 Å². The second-order valence-corrected chi connectivity index (χ2v) is 3.93. The molecule has 0 aliphatic carbocycles. The molecule has 0 spiro atoms. The molecule has 1 aromatic rings. The minimum Gasteiger partial charge on any atom is -0.481 e. The number of nitrogens with one attached hydrogen (secondary N) is 1. The predicted octanol–water partition coefficient (Wildman–Crippen LogP) is 1.97. The zero-order chi connectivity index (χ0) is 15.0. The van der Waals surface area contributed by atoms with Gasteiger partial charge in [-0.3, -0.25) is 10.1 Å². The van der Waals surface area contributed by atoms with Gasteiger partial charge in [-0.15, -0.1) is 0 Å². The van der Waals surface area contributed by atoms with E-state index in [9.17, 15) is 18.9 Å². The molecule has 0 fully saturated rings. The minimum atomic E-state index is -2.68. The van der Waals surface area contributed by atoms with Crippen molar-refractivity contribution in [2.45, 2.75) is 13.0 Å². The lowest BCUT2D eigenvalue weighted by Crippen LogP contribution is -2.18. The van der Waals surface area contributed by atoms with Gasteiger partial charge in [-0.25, -0.2) is 8.78 Å². The van der Waals surface area contributed by atoms with Crippen LogP contribution in [0.15, 0.2) is 18.2 Å². The molecule has 8 heteroatoms. The highest BCUT2D eigenvalue weighted by molar-refractivity contribution is 5.48. The molecule has 0 aromatic heterocycles. The van der Waals surface area contributed by atoms with Gasteiger partial charge in [-0.1, -0.05) is 6.07 Å². The van der Waals surface area contributed by atoms with Gasteiger partial charge in [0.1, 0.15) is 6.61 Å². The van der Waals surface area contributed by atoms with Crippen molar-refractivity contribution in [3.63, 3.8) is 0 Å². The third kappa shape index (κ3) is 5.45. The van der Waals surface area contributed by atoms with Crippen molar-refractivity contribution in [2.75, 3.05) is 26.9 Å². The van der Waals surface area contributed by atoms with Gasteiger partial charge < -0.3 is 14.8 Å². The van der Waals surface area contributed by atoms with Crippen molar-refractivity contribution in [1.29, 1.82) is 0 Å². The van der Waals surface area contributed by atoms with Crippen LogP contribution in [-0.2, 0) is 11.3 Å². The number of benzene rings is 1. The van der Waals surface area contributed by atoms with Crippen molar-refractivity contribution in [3.8, 4) is 5.75 Å². The quantitative estimate of drug-likeness (QED) is 0.427. The fraction of sp³-hybridized carbons (Fsp3) is 0.500. The first kappa shape index (κ1) is 16.3. The Bertz CT molecular complexity index is 443. The summed E-state index contributed by atoms with van der Waals surface area (Å²) >= 11 is 0. The monoisotopic (exact) mass is 290 g/mol. The van der Waals surface area contributed by atoms with Crippen molar-refractivity contribution in [3.05, 3.63) is 33.9 Å². The first-order valence-corrected chi connectivity index (χ1v) is 5.92. The lowest BCUT2D eigenvalue weighted by molar-refractivity contribution is -0.386. The second-order valence-electron chi connectivity index (χ2n) is 3.93. The van der Waals surface area contributed by atoms with E-state index in [4.69, 9.17) is 9.47 Å². The zero-order valence-electron chi connectivity index (χ0n) is 11.0. The molecule has 0 saturated carbocycles. The number of hydrogen-bond donors (Lipinski definition) is 1. The van der Waals surface area contributed by atoms with E-state index < -0.39 is 18.0 Å². The van der Waals surface area contributed by atoms with Gasteiger partial charge >= 0.3 is 5.69 Å². The number of alkyl halides is 2. The van der Waals surface area contributed by atoms with Crippen LogP contribution in [0.25, 0.3) is 0 Å². The fourth-order valence-electron chi connectivity index (χ4n) is 1.49. The van der Waals surface area contributed by atoms with Gasteiger partial charge in [-0.05, 0) is 11.6 Å². The van der Waals surface area contributed by atoms with Crippen LogP contribution in [0.2, 0.25) is 0 Å². The Balaban J connectivity index is 2.73. The number of rotatable bonds is 9. The highest BCUT2D eigenvalue weighted by atomic mass is 19.3. The summed E-state index contributed by atoms with van der Waals surface area (Å²) in [5.74, 6) is -0.152. The first-order chi connectivity index (χ1) is 9.54. The fourth-order valence-corrected chi connectivity index (χ4v) is 1.49. The van der Waals surface area contributed by atoms with Crippen molar-refractivity contribution >= 4 is 5.69 Å². The van der Waals surface area contributed by atoms with Crippen LogP contribution in [0, 0.1) is 10.1 Å². The van der Waals surface area contributed by atoms with Crippen LogP contribution >= 0.6 is 0 Å². The normalized spacial score (nSPS) is 10.8. The maximum atomic E-state index is 12.1. The van der Waals surface area contributed by atoms with Gasteiger partial charge in [0.05, 0.1) is 11.5 Å². The SMILES string of the molecule is COCCNCc1ccc([N+](=O)[O-])c(OCC(F)F)c1. The molecule has 0 aliphatic rings. The Morgan fingerprint density at radius 3 is 2.80 bits per heavy atom. The van der Waals surface area contributed by atoms with E-state index in [0.717, 1.165) is 0 Å². The molecule has 0 bridgehead atoms. The van der Waals surface area contributed by atoms with Crippen LogP contribution in [0.5, 0.6) is 5.75 Å². The second kappa shape index (κ2) is 8.39. The Morgan fingerprint density at radius 1 is 1.45 bits per heavy atom. The van der Waals surface area contributed by atoms with Crippen LogP contribution in [-0.4, -0.2) is 38.2 Å². The maximum absolute atomic E-state index is 12.1. The van der Waals surface area contributed by atoms with Gasteiger partial charge in [0.25, 0.3) is 6.43 Å². The number of nitrogens with zero attached hydrogens (tertiary/aromatic N) is 1. The molecule has 0 atom stereocenters. The Hall–Kier alpha value is -1.80. The number of methoxy groups -OCH3 is 1. The van der Waals surface area contributed by atoms with Crippen LogP contribution in [0.1, 0.15) is 5.56 Å². The third-order valence-corrected chi connectivity index (χ3v) is 2.40. The van der Waals surface area contributed by atoms with E-state index in [1.807, 2.05) is 0 Å². The largest absolute Gasteiger partial charge is 0.481 e. The summed E-state index contributed by atoms with van der Waals surface area (Å²) in [6.45, 7) is 0.705. The molecular formula is C12H16F2N2O4. The molecule has 6 nitrogen and oxygen atoms in total. The molecule has 0 radical (unpaired) electrons. The number of nitro groups is 1. The molecule has 1 N–H and O–H groups in total. The summed E-state index contributed by atoms with van der Waals surface area (Å²) < 4.78 is 33.9. The molecule has 0 amide bonds. The zero-order valence-corrected chi connectivity index (χ0v) is 11.0. The number of halogens is 2. The summed E-state index contributed by atoms with van der Waals surface area (Å²) in [7, 11) is 1.57. The number of nitro benzene ring substituents is 1. The summed E-state index contributed by atoms with van der Waals surface area (Å²) in [5, 5.41) is 13.8. The van der Waals surface area contributed by atoms with E-state index in [1.54, 1.807) is 13.2 Å². The van der Waals surface area contributed by atoms with Crippen molar-refractivity contribution < 1.29 is 23.2 Å². The van der Waals surface area contributed by atoms with Crippen LogP contribution in [0.4, 0.5) is 14.5 Å².